The Morgan fingerprint density at radius 1 is 1.05 bits per heavy atom. The van der Waals surface area contributed by atoms with Gasteiger partial charge in [-0.05, 0) is 12.0 Å². The van der Waals surface area contributed by atoms with Crippen molar-refractivity contribution >= 4 is 11.7 Å². The summed E-state index contributed by atoms with van der Waals surface area (Å²) in [5, 5.41) is 6.16. The molecule has 0 aliphatic rings. The van der Waals surface area contributed by atoms with Crippen molar-refractivity contribution in [3.05, 3.63) is 35.9 Å². The molecule has 22 heavy (non-hydrogen) atoms. The van der Waals surface area contributed by atoms with E-state index >= 15 is 0 Å². The van der Waals surface area contributed by atoms with E-state index in [1.54, 1.807) is 0 Å². The van der Waals surface area contributed by atoms with Crippen LogP contribution in [0.15, 0.2) is 30.3 Å². The van der Waals surface area contributed by atoms with Gasteiger partial charge in [-0.3, -0.25) is 9.59 Å². The van der Waals surface area contributed by atoms with E-state index in [0.717, 1.165) is 5.56 Å². The number of carbonyl (C=O) groups is 2. The highest BCUT2D eigenvalue weighted by atomic mass is 16.2. The van der Waals surface area contributed by atoms with Crippen molar-refractivity contribution in [3.8, 4) is 0 Å². The zero-order valence-electron chi connectivity index (χ0n) is 14.1. The van der Waals surface area contributed by atoms with Crippen LogP contribution in [0, 0.1) is 5.92 Å². The summed E-state index contributed by atoms with van der Waals surface area (Å²) >= 11 is 0. The van der Waals surface area contributed by atoms with Crippen LogP contribution in [0.2, 0.25) is 0 Å². The Balaban J connectivity index is 2.55. The molecule has 0 radical (unpaired) electrons. The van der Waals surface area contributed by atoms with Crippen molar-refractivity contribution in [2.75, 3.05) is 6.54 Å². The highest BCUT2D eigenvalue weighted by Gasteiger charge is 2.19. The summed E-state index contributed by atoms with van der Waals surface area (Å²) in [5.74, 6) is 0.150. The summed E-state index contributed by atoms with van der Waals surface area (Å²) in [7, 11) is 0. The van der Waals surface area contributed by atoms with Crippen LogP contribution in [0.25, 0.3) is 0 Å². The van der Waals surface area contributed by atoms with Crippen molar-refractivity contribution in [1.29, 1.82) is 0 Å². The van der Waals surface area contributed by atoms with E-state index in [-0.39, 0.29) is 29.7 Å². The second kappa shape index (κ2) is 9.36. The van der Waals surface area contributed by atoms with E-state index < -0.39 is 0 Å². The molecule has 1 aromatic carbocycles. The Bertz CT molecular complexity index is 469. The number of hydrogen-bond donors (Lipinski definition) is 2. The number of Topliss-reactive ketones (excluding diaryl/α,β-unsaturated/α-hetero) is 1. The van der Waals surface area contributed by atoms with Crippen LogP contribution in [-0.4, -0.2) is 30.3 Å². The number of amides is 1. The SMILES string of the molecule is CC(C)N[C@@H](Cc1ccccc1)C(=O)NCCC(=O)C(C)C. The van der Waals surface area contributed by atoms with Crippen LogP contribution in [0.1, 0.15) is 39.7 Å². The lowest BCUT2D eigenvalue weighted by Gasteiger charge is -2.21. The van der Waals surface area contributed by atoms with Gasteiger partial charge >= 0.3 is 0 Å². The number of carbonyl (C=O) groups excluding carboxylic acids is 2. The lowest BCUT2D eigenvalue weighted by molar-refractivity contribution is -0.124. The zero-order valence-corrected chi connectivity index (χ0v) is 14.1. The molecule has 1 atom stereocenters. The van der Waals surface area contributed by atoms with E-state index in [0.29, 0.717) is 19.4 Å². The summed E-state index contributed by atoms with van der Waals surface area (Å²) < 4.78 is 0. The van der Waals surface area contributed by atoms with Gasteiger partial charge in [-0.15, -0.1) is 0 Å². The third-order valence-corrected chi connectivity index (χ3v) is 3.45. The minimum Gasteiger partial charge on any atom is -0.354 e. The highest BCUT2D eigenvalue weighted by molar-refractivity contribution is 5.84. The number of ketones is 1. The first kappa shape index (κ1) is 18.4. The molecule has 0 aliphatic heterocycles. The average Bonchev–Trinajstić information content (AvgIpc) is 2.46. The molecule has 0 bridgehead atoms. The summed E-state index contributed by atoms with van der Waals surface area (Å²) in [6.07, 6.45) is 1.03. The fraction of sp³-hybridized carbons (Fsp3) is 0.556. The van der Waals surface area contributed by atoms with Crippen molar-refractivity contribution in [2.45, 2.75) is 52.6 Å². The summed E-state index contributed by atoms with van der Waals surface area (Å²) in [6, 6.07) is 9.89. The van der Waals surface area contributed by atoms with Crippen LogP contribution in [0.4, 0.5) is 0 Å². The Hall–Kier alpha value is -1.68. The quantitative estimate of drug-likeness (QED) is 0.736. The maximum atomic E-state index is 12.3. The molecule has 1 rings (SSSR count). The van der Waals surface area contributed by atoms with Crippen LogP contribution >= 0.6 is 0 Å². The predicted octanol–water partition coefficient (Wildman–Crippen LogP) is 2.33. The maximum Gasteiger partial charge on any atom is 0.237 e. The van der Waals surface area contributed by atoms with Crippen LogP contribution in [-0.2, 0) is 16.0 Å². The third kappa shape index (κ3) is 6.85. The Morgan fingerprint density at radius 3 is 2.23 bits per heavy atom. The highest BCUT2D eigenvalue weighted by Crippen LogP contribution is 2.05. The molecule has 0 aromatic heterocycles. The topological polar surface area (TPSA) is 58.2 Å². The molecule has 0 aliphatic carbocycles. The first-order valence-electron chi connectivity index (χ1n) is 8.00. The van der Waals surface area contributed by atoms with Gasteiger partial charge in [0.05, 0.1) is 6.04 Å². The predicted molar refractivity (Wildman–Crippen MR) is 89.7 cm³/mol. The molecular weight excluding hydrogens is 276 g/mol. The van der Waals surface area contributed by atoms with Gasteiger partial charge in [0.15, 0.2) is 0 Å². The largest absolute Gasteiger partial charge is 0.354 e. The van der Waals surface area contributed by atoms with Gasteiger partial charge < -0.3 is 10.6 Å². The van der Waals surface area contributed by atoms with E-state index in [1.807, 2.05) is 58.0 Å². The minimum absolute atomic E-state index is 0.0193. The molecule has 1 amide bonds. The molecule has 0 saturated heterocycles. The lowest BCUT2D eigenvalue weighted by Crippen LogP contribution is -2.48. The molecule has 4 nitrogen and oxygen atoms in total. The van der Waals surface area contributed by atoms with Gasteiger partial charge in [0.1, 0.15) is 5.78 Å². The molecule has 0 heterocycles. The monoisotopic (exact) mass is 304 g/mol. The van der Waals surface area contributed by atoms with Crippen molar-refractivity contribution in [3.63, 3.8) is 0 Å². The maximum absolute atomic E-state index is 12.3. The average molecular weight is 304 g/mol. The van der Waals surface area contributed by atoms with Gasteiger partial charge in [0.2, 0.25) is 5.91 Å². The van der Waals surface area contributed by atoms with Gasteiger partial charge in [-0.25, -0.2) is 0 Å². The summed E-state index contributed by atoms with van der Waals surface area (Å²) in [5.41, 5.74) is 1.12. The first-order chi connectivity index (χ1) is 10.4. The number of hydrogen-bond acceptors (Lipinski definition) is 3. The smallest absolute Gasteiger partial charge is 0.237 e. The number of nitrogens with one attached hydrogen (secondary N) is 2. The zero-order chi connectivity index (χ0) is 16.5. The molecule has 2 N–H and O–H groups in total. The van der Waals surface area contributed by atoms with Gasteiger partial charge in [-0.2, -0.15) is 0 Å². The molecule has 0 unspecified atom stereocenters. The van der Waals surface area contributed by atoms with Crippen molar-refractivity contribution < 1.29 is 9.59 Å². The van der Waals surface area contributed by atoms with Gasteiger partial charge in [0.25, 0.3) is 0 Å². The molecule has 4 heteroatoms. The number of benzene rings is 1. The van der Waals surface area contributed by atoms with Crippen LogP contribution in [0.5, 0.6) is 0 Å². The standard InChI is InChI=1S/C18H28N2O2/c1-13(2)17(21)10-11-19-18(22)16(20-14(3)4)12-15-8-6-5-7-9-15/h5-9,13-14,16,20H,10-12H2,1-4H3,(H,19,22)/t16-/m0/s1. The second-order valence-electron chi connectivity index (χ2n) is 6.23. The molecule has 0 saturated carbocycles. The normalized spacial score (nSPS) is 12.5. The van der Waals surface area contributed by atoms with E-state index in [4.69, 9.17) is 0 Å². The van der Waals surface area contributed by atoms with E-state index in [2.05, 4.69) is 10.6 Å². The second-order valence-corrected chi connectivity index (χ2v) is 6.23. The lowest BCUT2D eigenvalue weighted by atomic mass is 10.0. The number of rotatable bonds is 9. The fourth-order valence-corrected chi connectivity index (χ4v) is 2.20. The third-order valence-electron chi connectivity index (χ3n) is 3.45. The Morgan fingerprint density at radius 2 is 1.68 bits per heavy atom. The Labute approximate surface area is 133 Å². The van der Waals surface area contributed by atoms with E-state index in [1.165, 1.54) is 0 Å². The summed E-state index contributed by atoms with van der Waals surface area (Å²) in [4.78, 5) is 23.9. The first-order valence-corrected chi connectivity index (χ1v) is 8.00. The summed E-state index contributed by atoms with van der Waals surface area (Å²) in [6.45, 7) is 8.20. The molecule has 0 fully saturated rings. The van der Waals surface area contributed by atoms with Crippen LogP contribution < -0.4 is 10.6 Å². The van der Waals surface area contributed by atoms with Crippen molar-refractivity contribution in [1.82, 2.24) is 10.6 Å². The molecular formula is C18H28N2O2. The molecule has 1 aromatic rings. The Kier molecular flexibility index (Phi) is 7.82. The van der Waals surface area contributed by atoms with Crippen LogP contribution in [0.3, 0.4) is 0 Å². The minimum atomic E-state index is -0.281. The van der Waals surface area contributed by atoms with Crippen molar-refractivity contribution in [2.24, 2.45) is 5.92 Å². The fourth-order valence-electron chi connectivity index (χ4n) is 2.20. The van der Waals surface area contributed by atoms with Gasteiger partial charge in [0, 0.05) is 24.9 Å². The molecule has 0 spiro atoms. The molecule has 122 valence electrons. The van der Waals surface area contributed by atoms with E-state index in [9.17, 15) is 9.59 Å². The van der Waals surface area contributed by atoms with Gasteiger partial charge in [-0.1, -0.05) is 58.0 Å².